The van der Waals surface area contributed by atoms with E-state index < -0.39 is 211 Å². The van der Waals surface area contributed by atoms with Crippen LogP contribution in [-0.4, -0.2) is 303 Å². The average molecular weight is 959 g/mol. The average Bonchev–Trinajstić information content (AvgIpc) is 3.57. The quantitative estimate of drug-likeness (QED) is 0.0724. The van der Waals surface area contributed by atoms with Gasteiger partial charge >= 0.3 is 0 Å². The Hall–Kier alpha value is -1.16. The Bertz CT molecular complexity index is 1470. The van der Waals surface area contributed by atoms with Crippen molar-refractivity contribution in [2.45, 2.75) is 198 Å². The molecule has 29 nitrogen and oxygen atoms in total. The van der Waals surface area contributed by atoms with Crippen LogP contribution in [-0.2, 0) is 52.1 Å². The van der Waals surface area contributed by atoms with E-state index >= 15 is 0 Å². The van der Waals surface area contributed by atoms with Crippen LogP contribution in [0, 0.1) is 0 Å². The van der Waals surface area contributed by atoms with Gasteiger partial charge in [0.15, 0.2) is 37.7 Å². The van der Waals surface area contributed by atoms with E-state index in [0.29, 0.717) is 0 Å². The SMILES string of the molecule is C[C@@H]1O[C@@H](O[C@H]2[C@@H](O)[C@@H](CO)O[C@H](O[C@H]3[C@@H](O)[C@@H](CO)O[C@@H](O[C@H]4[C@H](O)[C@@H](O)[C@H](O)O[C@@H]4CO)[C@@H]3O)[C@@H]2O)[C@H](O[C@@H]2O[C@@H](C)[C@H](O)[C@@H](O[C@H]3O[C@@H]([C@H](O)CO)[C@H](O)[C@H]3O)[C@H]2O)[C@H](O)[C@H]1O. The molecule has 65 heavy (non-hydrogen) atoms. The molecule has 18 N–H and O–H groups in total. The molecule has 0 bridgehead atoms. The number of hydrogen-bond acceptors (Lipinski definition) is 29. The molecule has 0 amide bonds. The molecule has 30 atom stereocenters. The first-order chi connectivity index (χ1) is 30.7. The van der Waals surface area contributed by atoms with E-state index in [9.17, 15) is 91.9 Å². The van der Waals surface area contributed by atoms with Crippen LogP contribution in [0.3, 0.4) is 0 Å². The van der Waals surface area contributed by atoms with Crippen molar-refractivity contribution in [3.63, 3.8) is 0 Å². The maximum atomic E-state index is 11.6. The predicted molar refractivity (Wildman–Crippen MR) is 196 cm³/mol. The molecule has 6 fully saturated rings. The highest BCUT2D eigenvalue weighted by atomic mass is 16.8. The molecule has 29 heteroatoms. The highest BCUT2D eigenvalue weighted by Crippen LogP contribution is 2.37. The molecule has 0 aromatic carbocycles. The van der Waals surface area contributed by atoms with Gasteiger partial charge in [0, 0.05) is 0 Å². The van der Waals surface area contributed by atoms with Crippen molar-refractivity contribution in [2.75, 3.05) is 26.4 Å². The summed E-state index contributed by atoms with van der Waals surface area (Å²) in [6.45, 7) is -1.08. The van der Waals surface area contributed by atoms with E-state index in [0.717, 1.165) is 0 Å². The molecule has 6 aliphatic heterocycles. The highest BCUT2D eigenvalue weighted by molar-refractivity contribution is 4.99. The second kappa shape index (κ2) is 22.3. The fraction of sp³-hybridized carbons (Fsp3) is 1.00. The summed E-state index contributed by atoms with van der Waals surface area (Å²) in [6.07, 6.45) is -54.6. The van der Waals surface area contributed by atoms with Crippen molar-refractivity contribution >= 4 is 0 Å². The third kappa shape index (κ3) is 10.8. The van der Waals surface area contributed by atoms with Gasteiger partial charge in [-0.3, -0.25) is 0 Å². The summed E-state index contributed by atoms with van der Waals surface area (Å²) >= 11 is 0. The molecule has 6 aliphatic rings. The number of aliphatic hydroxyl groups excluding tert-OH is 18. The smallest absolute Gasteiger partial charge is 0.187 e. The van der Waals surface area contributed by atoms with Gasteiger partial charge in [0.2, 0.25) is 0 Å². The van der Waals surface area contributed by atoms with Crippen molar-refractivity contribution in [3.05, 3.63) is 0 Å². The van der Waals surface area contributed by atoms with E-state index in [4.69, 9.17) is 52.1 Å². The number of aliphatic hydroxyl groups is 18. The lowest BCUT2D eigenvalue weighted by atomic mass is 9.95. The van der Waals surface area contributed by atoms with Crippen LogP contribution < -0.4 is 0 Å². The molecule has 0 aliphatic carbocycles. The maximum Gasteiger partial charge on any atom is 0.187 e. The van der Waals surface area contributed by atoms with Crippen molar-refractivity contribution in [2.24, 2.45) is 0 Å². The first kappa shape index (κ1) is 53.2. The third-order valence-electron chi connectivity index (χ3n) is 12.3. The molecular formula is C36H62O29. The molecule has 0 aromatic rings. The summed E-state index contributed by atoms with van der Waals surface area (Å²) < 4.78 is 61.7. The van der Waals surface area contributed by atoms with Crippen molar-refractivity contribution in [1.29, 1.82) is 0 Å². The zero-order valence-electron chi connectivity index (χ0n) is 34.7. The molecule has 6 heterocycles. The van der Waals surface area contributed by atoms with Crippen LogP contribution in [0.4, 0.5) is 0 Å². The molecule has 0 aromatic heterocycles. The summed E-state index contributed by atoms with van der Waals surface area (Å²) in [5, 5.41) is 190. The van der Waals surface area contributed by atoms with Crippen LogP contribution in [0.1, 0.15) is 13.8 Å². The van der Waals surface area contributed by atoms with Crippen LogP contribution in [0.2, 0.25) is 0 Å². The van der Waals surface area contributed by atoms with Gasteiger partial charge in [0.05, 0.1) is 38.6 Å². The second-order valence-corrected chi connectivity index (χ2v) is 16.7. The second-order valence-electron chi connectivity index (χ2n) is 16.7. The van der Waals surface area contributed by atoms with Gasteiger partial charge in [-0.05, 0) is 13.8 Å². The Morgan fingerprint density at radius 1 is 0.354 bits per heavy atom. The van der Waals surface area contributed by atoms with Gasteiger partial charge in [-0.2, -0.15) is 0 Å². The summed E-state index contributed by atoms with van der Waals surface area (Å²) in [4.78, 5) is 0. The molecule has 380 valence electrons. The van der Waals surface area contributed by atoms with Crippen molar-refractivity contribution in [1.82, 2.24) is 0 Å². The monoisotopic (exact) mass is 958 g/mol. The number of ether oxygens (including phenoxy) is 11. The fourth-order valence-electron chi connectivity index (χ4n) is 8.39. The molecular weight excluding hydrogens is 896 g/mol. The zero-order valence-corrected chi connectivity index (χ0v) is 34.7. The van der Waals surface area contributed by atoms with Crippen LogP contribution >= 0.6 is 0 Å². The van der Waals surface area contributed by atoms with Crippen LogP contribution in [0.25, 0.3) is 0 Å². The molecule has 0 radical (unpaired) electrons. The standard InChI is InChI=1S/C36H62O29/c1-7-13(42)17(46)30(65-33-22(51)27(14(43)8(2)55-33)62-32-21(50)19(48)25(60-32)9(41)3-37)36(56-7)64-29-16(45)11(5-39)59-35(24(29)53)63-28-15(44)10(4-38)58-34(23(28)52)61-26-12(6-40)57-31(54)20(49)18(26)47/h7-54H,3-6H2,1-2H3/t7-,8-,9+,10+,11+,12+,13-,14-,15-,16-,17+,18+,19+,20+,21+,22+,23+,24+,25-,26+,27+,28-,29-,30+,31+,32+,33-,34-,35+,36-/m0/s1. The van der Waals surface area contributed by atoms with E-state index in [1.54, 1.807) is 0 Å². The lowest BCUT2D eigenvalue weighted by Crippen LogP contribution is -2.68. The van der Waals surface area contributed by atoms with Gasteiger partial charge in [-0.15, -0.1) is 0 Å². The molecule has 0 spiro atoms. The first-order valence-electron chi connectivity index (χ1n) is 20.9. The fourth-order valence-corrected chi connectivity index (χ4v) is 8.39. The third-order valence-corrected chi connectivity index (χ3v) is 12.3. The largest absolute Gasteiger partial charge is 0.394 e. The van der Waals surface area contributed by atoms with E-state index in [2.05, 4.69) is 0 Å². The van der Waals surface area contributed by atoms with Gasteiger partial charge in [0.25, 0.3) is 0 Å². The normalized spacial score (nSPS) is 53.8. The van der Waals surface area contributed by atoms with E-state index in [1.807, 2.05) is 0 Å². The van der Waals surface area contributed by atoms with Gasteiger partial charge in [-0.25, -0.2) is 0 Å². The van der Waals surface area contributed by atoms with Crippen molar-refractivity contribution < 1.29 is 144 Å². The molecule has 0 unspecified atom stereocenters. The number of rotatable bonds is 15. The van der Waals surface area contributed by atoms with Crippen molar-refractivity contribution in [3.8, 4) is 0 Å². The Morgan fingerprint density at radius 2 is 0.754 bits per heavy atom. The molecule has 0 saturated carbocycles. The molecule has 6 saturated heterocycles. The lowest BCUT2D eigenvalue weighted by Gasteiger charge is -2.50. The van der Waals surface area contributed by atoms with E-state index in [-0.39, 0.29) is 0 Å². The van der Waals surface area contributed by atoms with Crippen LogP contribution in [0.5, 0.6) is 0 Å². The summed E-state index contributed by atoms with van der Waals surface area (Å²) in [6, 6.07) is 0. The summed E-state index contributed by atoms with van der Waals surface area (Å²) in [7, 11) is 0. The Morgan fingerprint density at radius 3 is 1.26 bits per heavy atom. The number of hydrogen-bond donors (Lipinski definition) is 18. The van der Waals surface area contributed by atoms with Gasteiger partial charge in [0.1, 0.15) is 134 Å². The highest BCUT2D eigenvalue weighted by Gasteiger charge is 2.57. The van der Waals surface area contributed by atoms with E-state index in [1.165, 1.54) is 13.8 Å². The minimum Gasteiger partial charge on any atom is -0.394 e. The summed E-state index contributed by atoms with van der Waals surface area (Å²) in [5.41, 5.74) is 0. The topological polar surface area (TPSA) is 466 Å². The predicted octanol–water partition coefficient (Wildman–Crippen LogP) is -12.0. The first-order valence-corrected chi connectivity index (χ1v) is 20.9. The Labute approximate surface area is 368 Å². The van der Waals surface area contributed by atoms with Gasteiger partial charge < -0.3 is 144 Å². The Balaban J connectivity index is 1.19. The maximum absolute atomic E-state index is 11.6. The minimum absolute atomic E-state index is 0.869. The van der Waals surface area contributed by atoms with Gasteiger partial charge in [-0.1, -0.05) is 0 Å². The minimum atomic E-state index is -2.18. The zero-order chi connectivity index (χ0) is 47.9. The lowest BCUT2D eigenvalue weighted by molar-refractivity contribution is -0.399. The Kier molecular flexibility index (Phi) is 18.2. The summed E-state index contributed by atoms with van der Waals surface area (Å²) in [5.74, 6) is 0. The molecule has 6 rings (SSSR count). The van der Waals surface area contributed by atoms with Crippen LogP contribution in [0.15, 0.2) is 0 Å².